The van der Waals surface area contributed by atoms with Crippen molar-refractivity contribution in [1.82, 2.24) is 14.5 Å². The minimum atomic E-state index is -3.62. The van der Waals surface area contributed by atoms with Crippen molar-refractivity contribution in [2.24, 2.45) is 11.8 Å². The number of carboxylic acids is 1. The topological polar surface area (TPSA) is 101 Å². The maximum Gasteiger partial charge on any atom is 0.325 e. The van der Waals surface area contributed by atoms with Gasteiger partial charge in [-0.3, -0.25) is 9.48 Å². The van der Waals surface area contributed by atoms with E-state index < -0.39 is 16.0 Å². The summed E-state index contributed by atoms with van der Waals surface area (Å²) in [5.41, 5.74) is 0. The van der Waals surface area contributed by atoms with Gasteiger partial charge in [0.05, 0.1) is 6.20 Å². The summed E-state index contributed by atoms with van der Waals surface area (Å²) in [6.07, 6.45) is 6.86. The molecular weight excluding hydrogens is 294 g/mol. The van der Waals surface area contributed by atoms with Gasteiger partial charge in [0, 0.05) is 12.7 Å². The van der Waals surface area contributed by atoms with E-state index >= 15 is 0 Å². The van der Waals surface area contributed by atoms with Crippen LogP contribution in [-0.4, -0.2) is 35.8 Å². The number of hydrogen-bond donors (Lipinski definition) is 2. The summed E-state index contributed by atoms with van der Waals surface area (Å²) in [5.74, 6) is -0.0460. The van der Waals surface area contributed by atoms with Gasteiger partial charge in [0.1, 0.15) is 11.4 Å². The highest BCUT2D eigenvalue weighted by Crippen LogP contribution is 2.28. The molecule has 2 rings (SSSR count). The van der Waals surface area contributed by atoms with Gasteiger partial charge in [0.25, 0.3) is 0 Å². The third kappa shape index (κ3) is 4.53. The van der Waals surface area contributed by atoms with Gasteiger partial charge >= 0.3 is 5.97 Å². The summed E-state index contributed by atoms with van der Waals surface area (Å²) in [6.45, 7) is 2.27. The quantitative estimate of drug-likeness (QED) is 0.817. The second-order valence-electron chi connectivity index (χ2n) is 5.76. The molecule has 1 heterocycles. The van der Waals surface area contributed by atoms with E-state index in [1.165, 1.54) is 18.8 Å². The van der Waals surface area contributed by atoms with E-state index in [1.807, 2.05) is 0 Å². The summed E-state index contributed by atoms with van der Waals surface area (Å²) >= 11 is 0. The Balaban J connectivity index is 1.94. The van der Waals surface area contributed by atoms with Crippen LogP contribution in [0.3, 0.4) is 0 Å². The summed E-state index contributed by atoms with van der Waals surface area (Å²) in [4.78, 5) is 10.6. The van der Waals surface area contributed by atoms with Crippen molar-refractivity contribution in [3.8, 4) is 0 Å². The number of nitrogens with one attached hydrogen (secondary N) is 1. The van der Waals surface area contributed by atoms with E-state index in [1.54, 1.807) is 0 Å². The van der Waals surface area contributed by atoms with Crippen LogP contribution in [-0.2, 0) is 21.4 Å². The summed E-state index contributed by atoms with van der Waals surface area (Å²) in [7, 11) is -3.62. The highest BCUT2D eigenvalue weighted by molar-refractivity contribution is 7.89. The van der Waals surface area contributed by atoms with Crippen LogP contribution in [0.1, 0.15) is 32.6 Å². The van der Waals surface area contributed by atoms with Crippen LogP contribution in [0.25, 0.3) is 0 Å². The number of rotatable bonds is 6. The fraction of sp³-hybridized carbons (Fsp3) is 0.692. The zero-order valence-electron chi connectivity index (χ0n) is 12.0. The fourth-order valence-corrected chi connectivity index (χ4v) is 3.83. The molecular formula is C13H21N3O4S. The zero-order chi connectivity index (χ0) is 15.5. The maximum absolute atomic E-state index is 12.1. The van der Waals surface area contributed by atoms with Gasteiger partial charge in [0.15, 0.2) is 0 Å². The lowest BCUT2D eigenvalue weighted by Gasteiger charge is -2.26. The van der Waals surface area contributed by atoms with E-state index in [4.69, 9.17) is 5.11 Å². The first-order chi connectivity index (χ1) is 9.87. The number of aromatic nitrogens is 2. The number of nitrogens with zero attached hydrogens (tertiary/aromatic N) is 2. The maximum atomic E-state index is 12.1. The number of carboxylic acid groups (broad SMARTS) is 1. The third-order valence-corrected chi connectivity index (χ3v) is 5.20. The van der Waals surface area contributed by atoms with Crippen molar-refractivity contribution in [2.45, 2.75) is 44.0 Å². The van der Waals surface area contributed by atoms with Gasteiger partial charge in [0.2, 0.25) is 10.0 Å². The van der Waals surface area contributed by atoms with Crippen LogP contribution in [0.5, 0.6) is 0 Å². The van der Waals surface area contributed by atoms with Crippen molar-refractivity contribution in [3.05, 3.63) is 12.4 Å². The molecule has 0 spiro atoms. The van der Waals surface area contributed by atoms with Crippen LogP contribution < -0.4 is 4.72 Å². The van der Waals surface area contributed by atoms with Crippen LogP contribution >= 0.6 is 0 Å². The fourth-order valence-electron chi connectivity index (χ4n) is 2.76. The number of sulfonamides is 1. The lowest BCUT2D eigenvalue weighted by atomic mass is 9.83. The predicted octanol–water partition coefficient (Wildman–Crippen LogP) is 1.07. The average molecular weight is 315 g/mol. The van der Waals surface area contributed by atoms with Gasteiger partial charge in [-0.2, -0.15) is 5.10 Å². The first kappa shape index (κ1) is 16.0. The Morgan fingerprint density at radius 3 is 2.95 bits per heavy atom. The standard InChI is InChI=1S/C13H21N3O4S/c1-10-3-2-4-11(5-10)6-15-21(19,20)12-7-14-16(8-12)9-13(17)18/h7-8,10-11,15H,2-6,9H2,1H3,(H,17,18). The van der Waals surface area contributed by atoms with E-state index in [0.29, 0.717) is 18.4 Å². The Hall–Kier alpha value is -1.41. The predicted molar refractivity (Wildman–Crippen MR) is 76.2 cm³/mol. The molecule has 0 aliphatic heterocycles. The molecule has 0 saturated heterocycles. The van der Waals surface area contributed by atoms with Crippen molar-refractivity contribution in [1.29, 1.82) is 0 Å². The first-order valence-electron chi connectivity index (χ1n) is 7.10. The van der Waals surface area contributed by atoms with Crippen molar-refractivity contribution in [2.75, 3.05) is 6.54 Å². The summed E-state index contributed by atoms with van der Waals surface area (Å²) < 4.78 is 28.0. The lowest BCUT2D eigenvalue weighted by Crippen LogP contribution is -2.31. The minimum absolute atomic E-state index is 0.00704. The Labute approximate surface area is 124 Å². The number of aliphatic carboxylic acids is 1. The zero-order valence-corrected chi connectivity index (χ0v) is 12.8. The minimum Gasteiger partial charge on any atom is -0.480 e. The number of carbonyl (C=O) groups is 1. The summed E-state index contributed by atoms with van der Waals surface area (Å²) in [5, 5.41) is 12.4. The van der Waals surface area contributed by atoms with Gasteiger partial charge in [-0.25, -0.2) is 13.1 Å². The molecule has 0 radical (unpaired) electrons. The van der Waals surface area contributed by atoms with Gasteiger partial charge < -0.3 is 5.11 Å². The van der Waals surface area contributed by atoms with E-state index in [2.05, 4.69) is 16.7 Å². The lowest BCUT2D eigenvalue weighted by molar-refractivity contribution is -0.137. The molecule has 118 valence electrons. The molecule has 0 bridgehead atoms. The summed E-state index contributed by atoms with van der Waals surface area (Å²) in [6, 6.07) is 0. The van der Waals surface area contributed by atoms with Crippen LogP contribution in [0.4, 0.5) is 0 Å². The van der Waals surface area contributed by atoms with Crippen LogP contribution in [0.15, 0.2) is 17.3 Å². The average Bonchev–Trinajstić information content (AvgIpc) is 2.85. The molecule has 2 N–H and O–H groups in total. The molecule has 2 unspecified atom stereocenters. The highest BCUT2D eigenvalue weighted by Gasteiger charge is 2.22. The SMILES string of the molecule is CC1CCCC(CNS(=O)(=O)c2cnn(CC(=O)O)c2)C1. The highest BCUT2D eigenvalue weighted by atomic mass is 32.2. The molecule has 1 aliphatic rings. The van der Waals surface area contributed by atoms with E-state index in [-0.39, 0.29) is 11.4 Å². The molecule has 7 nitrogen and oxygen atoms in total. The Morgan fingerprint density at radius 1 is 1.52 bits per heavy atom. The second-order valence-corrected chi connectivity index (χ2v) is 7.52. The van der Waals surface area contributed by atoms with Crippen molar-refractivity contribution < 1.29 is 18.3 Å². The molecule has 1 aliphatic carbocycles. The van der Waals surface area contributed by atoms with Crippen molar-refractivity contribution >= 4 is 16.0 Å². The molecule has 1 fully saturated rings. The largest absolute Gasteiger partial charge is 0.480 e. The molecule has 8 heteroatoms. The van der Waals surface area contributed by atoms with Gasteiger partial charge in [-0.05, 0) is 24.7 Å². The monoisotopic (exact) mass is 315 g/mol. The third-order valence-electron chi connectivity index (χ3n) is 3.82. The molecule has 2 atom stereocenters. The molecule has 1 aromatic heterocycles. The van der Waals surface area contributed by atoms with E-state index in [0.717, 1.165) is 23.9 Å². The molecule has 1 aromatic rings. The molecule has 0 amide bonds. The molecule has 1 saturated carbocycles. The Kier molecular flexibility index (Phi) is 5.00. The van der Waals surface area contributed by atoms with Crippen LogP contribution in [0.2, 0.25) is 0 Å². The van der Waals surface area contributed by atoms with Crippen LogP contribution in [0, 0.1) is 11.8 Å². The number of hydrogen-bond acceptors (Lipinski definition) is 4. The smallest absolute Gasteiger partial charge is 0.325 e. The van der Waals surface area contributed by atoms with Crippen molar-refractivity contribution in [3.63, 3.8) is 0 Å². The molecule has 0 aromatic carbocycles. The van der Waals surface area contributed by atoms with Gasteiger partial charge in [-0.15, -0.1) is 0 Å². The normalized spacial score (nSPS) is 23.1. The molecule has 21 heavy (non-hydrogen) atoms. The first-order valence-corrected chi connectivity index (χ1v) is 8.59. The van der Waals surface area contributed by atoms with Gasteiger partial charge in [-0.1, -0.05) is 19.8 Å². The van der Waals surface area contributed by atoms with E-state index in [9.17, 15) is 13.2 Å². The Bertz CT molecular complexity index is 596. The Morgan fingerprint density at radius 2 is 2.29 bits per heavy atom. The second kappa shape index (κ2) is 6.57.